The van der Waals surface area contributed by atoms with Crippen LogP contribution in [0.15, 0.2) is 11.0 Å². The Morgan fingerprint density at radius 1 is 1.62 bits per heavy atom. The topological polar surface area (TPSA) is 75.6 Å². The molecule has 0 aliphatic rings. The Hall–Kier alpha value is -1.85. The van der Waals surface area contributed by atoms with Crippen molar-refractivity contribution in [3.05, 3.63) is 16.7 Å². The molecule has 68 valence electrons. The summed E-state index contributed by atoms with van der Waals surface area (Å²) < 4.78 is 1.42. The lowest BCUT2D eigenvalue weighted by molar-refractivity contribution is 0.879. The van der Waals surface area contributed by atoms with Gasteiger partial charge in [0.15, 0.2) is 11.3 Å². The van der Waals surface area contributed by atoms with E-state index in [1.165, 1.54) is 4.57 Å². The predicted molar refractivity (Wildman–Crippen MR) is 48.7 cm³/mol. The van der Waals surface area contributed by atoms with Crippen LogP contribution in [0.4, 0.5) is 5.82 Å². The van der Waals surface area contributed by atoms with Crippen molar-refractivity contribution < 1.29 is 0 Å². The fourth-order valence-electron chi connectivity index (χ4n) is 1.11. The van der Waals surface area contributed by atoms with Crippen LogP contribution in [-0.2, 0) is 7.05 Å². The van der Waals surface area contributed by atoms with E-state index in [9.17, 15) is 4.79 Å². The van der Waals surface area contributed by atoms with Gasteiger partial charge in [-0.2, -0.15) is 0 Å². The van der Waals surface area contributed by atoms with E-state index in [0.29, 0.717) is 17.1 Å². The van der Waals surface area contributed by atoms with Crippen LogP contribution < -0.4 is 11.0 Å². The molecule has 0 unspecified atom stereocenters. The standard InChI is InChI=1S/C7H9N5O/c1-8-4-3-9-6-5(10-4)11-7(13)12(6)2/h3H,1-2H3,(H2,8,10,11,13). The third-order valence-electron chi connectivity index (χ3n) is 1.86. The summed E-state index contributed by atoms with van der Waals surface area (Å²) in [5.74, 6) is 0.634. The lowest BCUT2D eigenvalue weighted by Gasteiger charge is -1.96. The van der Waals surface area contributed by atoms with Crippen LogP contribution in [0, 0.1) is 0 Å². The molecule has 0 amide bonds. The van der Waals surface area contributed by atoms with Crippen LogP contribution in [0.25, 0.3) is 11.3 Å². The van der Waals surface area contributed by atoms with E-state index in [2.05, 4.69) is 20.3 Å². The number of hydrogen-bond acceptors (Lipinski definition) is 4. The molecule has 2 N–H and O–H groups in total. The molecule has 2 aromatic heterocycles. The van der Waals surface area contributed by atoms with Gasteiger partial charge in [0.1, 0.15) is 5.82 Å². The summed E-state index contributed by atoms with van der Waals surface area (Å²) in [6.07, 6.45) is 1.58. The van der Waals surface area contributed by atoms with Crippen LogP contribution in [0.5, 0.6) is 0 Å². The lowest BCUT2D eigenvalue weighted by Crippen LogP contribution is -2.12. The van der Waals surface area contributed by atoms with E-state index < -0.39 is 0 Å². The van der Waals surface area contributed by atoms with E-state index >= 15 is 0 Å². The lowest BCUT2D eigenvalue weighted by atomic mass is 10.6. The molecule has 2 heterocycles. The fraction of sp³-hybridized carbons (Fsp3) is 0.286. The summed E-state index contributed by atoms with van der Waals surface area (Å²) in [6.45, 7) is 0. The zero-order valence-corrected chi connectivity index (χ0v) is 7.33. The van der Waals surface area contributed by atoms with Gasteiger partial charge in [-0.1, -0.05) is 0 Å². The number of nitrogens with one attached hydrogen (secondary N) is 2. The highest BCUT2D eigenvalue weighted by Gasteiger charge is 2.05. The molecule has 0 bridgehead atoms. The van der Waals surface area contributed by atoms with Gasteiger partial charge in [-0.15, -0.1) is 0 Å². The maximum atomic E-state index is 11.1. The minimum absolute atomic E-state index is 0.205. The first kappa shape index (κ1) is 7.78. The molecule has 0 radical (unpaired) electrons. The number of imidazole rings is 1. The number of aryl methyl sites for hydroxylation is 1. The third kappa shape index (κ3) is 1.07. The Morgan fingerprint density at radius 3 is 3.08 bits per heavy atom. The number of aromatic amines is 1. The second-order valence-corrected chi connectivity index (χ2v) is 2.67. The number of fused-ring (bicyclic) bond motifs is 1. The van der Waals surface area contributed by atoms with Crippen molar-refractivity contribution in [3.8, 4) is 0 Å². The molecule has 2 rings (SSSR count). The molecule has 0 fully saturated rings. The van der Waals surface area contributed by atoms with Gasteiger partial charge in [0.2, 0.25) is 0 Å². The highest BCUT2D eigenvalue weighted by atomic mass is 16.1. The fourth-order valence-corrected chi connectivity index (χ4v) is 1.11. The summed E-state index contributed by atoms with van der Waals surface area (Å²) >= 11 is 0. The van der Waals surface area contributed by atoms with Gasteiger partial charge in [-0.25, -0.2) is 14.8 Å². The van der Waals surface area contributed by atoms with Crippen molar-refractivity contribution in [1.82, 2.24) is 19.5 Å². The van der Waals surface area contributed by atoms with E-state index in [1.54, 1.807) is 20.3 Å². The number of aromatic nitrogens is 4. The monoisotopic (exact) mass is 179 g/mol. The van der Waals surface area contributed by atoms with E-state index in [4.69, 9.17) is 0 Å². The van der Waals surface area contributed by atoms with Gasteiger partial charge < -0.3 is 5.32 Å². The Balaban J connectivity index is 2.80. The molecule has 0 aliphatic heterocycles. The molecule has 0 aromatic carbocycles. The number of hydrogen-bond donors (Lipinski definition) is 2. The molecule has 0 saturated carbocycles. The molecular weight excluding hydrogens is 170 g/mol. The van der Waals surface area contributed by atoms with Crippen LogP contribution in [0.1, 0.15) is 0 Å². The SMILES string of the molecule is CNc1cnc2c(n1)[nH]c(=O)n2C. The van der Waals surface area contributed by atoms with E-state index in [0.717, 1.165) is 0 Å². The molecule has 6 nitrogen and oxygen atoms in total. The third-order valence-corrected chi connectivity index (χ3v) is 1.86. The van der Waals surface area contributed by atoms with Crippen molar-refractivity contribution in [2.75, 3.05) is 12.4 Å². The Bertz CT molecular complexity index is 497. The first-order chi connectivity index (χ1) is 6.22. The second-order valence-electron chi connectivity index (χ2n) is 2.67. The maximum Gasteiger partial charge on any atom is 0.328 e. The van der Waals surface area contributed by atoms with Gasteiger partial charge in [-0.3, -0.25) is 9.55 Å². The highest BCUT2D eigenvalue weighted by molar-refractivity contribution is 5.67. The van der Waals surface area contributed by atoms with Crippen molar-refractivity contribution in [2.24, 2.45) is 7.05 Å². The Kier molecular flexibility index (Phi) is 1.54. The molecule has 6 heteroatoms. The van der Waals surface area contributed by atoms with Crippen molar-refractivity contribution in [2.45, 2.75) is 0 Å². The summed E-state index contributed by atoms with van der Waals surface area (Å²) in [5, 5.41) is 2.84. The number of nitrogens with zero attached hydrogens (tertiary/aromatic N) is 3. The number of anilines is 1. The first-order valence-electron chi connectivity index (χ1n) is 3.82. The summed E-state index contributed by atoms with van der Waals surface area (Å²) in [7, 11) is 3.39. The minimum Gasteiger partial charge on any atom is -0.372 e. The normalized spacial score (nSPS) is 10.6. The smallest absolute Gasteiger partial charge is 0.328 e. The zero-order chi connectivity index (χ0) is 9.42. The second kappa shape index (κ2) is 2.58. The average molecular weight is 179 g/mol. The van der Waals surface area contributed by atoms with E-state index in [-0.39, 0.29) is 5.69 Å². The van der Waals surface area contributed by atoms with Gasteiger partial charge >= 0.3 is 5.69 Å². The molecule has 0 spiro atoms. The molecule has 2 aromatic rings. The van der Waals surface area contributed by atoms with Crippen molar-refractivity contribution in [1.29, 1.82) is 0 Å². The van der Waals surface area contributed by atoms with Gasteiger partial charge in [0.05, 0.1) is 6.20 Å². The van der Waals surface area contributed by atoms with Gasteiger partial charge in [0, 0.05) is 14.1 Å². The van der Waals surface area contributed by atoms with Crippen LogP contribution >= 0.6 is 0 Å². The minimum atomic E-state index is -0.205. The van der Waals surface area contributed by atoms with Crippen LogP contribution in [0.3, 0.4) is 0 Å². The van der Waals surface area contributed by atoms with Gasteiger partial charge in [-0.05, 0) is 0 Å². The van der Waals surface area contributed by atoms with Gasteiger partial charge in [0.25, 0.3) is 0 Å². The average Bonchev–Trinajstić information content (AvgIpc) is 2.42. The Morgan fingerprint density at radius 2 is 2.38 bits per heavy atom. The van der Waals surface area contributed by atoms with Crippen LogP contribution in [-0.4, -0.2) is 26.6 Å². The maximum absolute atomic E-state index is 11.1. The molecular formula is C7H9N5O. The number of rotatable bonds is 1. The van der Waals surface area contributed by atoms with Crippen molar-refractivity contribution >= 4 is 17.1 Å². The summed E-state index contributed by atoms with van der Waals surface area (Å²) in [4.78, 5) is 21.9. The molecule has 0 atom stereocenters. The molecule has 0 saturated heterocycles. The quantitative estimate of drug-likeness (QED) is 0.630. The van der Waals surface area contributed by atoms with E-state index in [1.807, 2.05) is 0 Å². The zero-order valence-electron chi connectivity index (χ0n) is 7.33. The van der Waals surface area contributed by atoms with Crippen LogP contribution in [0.2, 0.25) is 0 Å². The largest absolute Gasteiger partial charge is 0.372 e. The summed E-state index contributed by atoms with van der Waals surface area (Å²) in [5.41, 5.74) is 0.853. The highest BCUT2D eigenvalue weighted by Crippen LogP contribution is 2.05. The molecule has 13 heavy (non-hydrogen) atoms. The summed E-state index contributed by atoms with van der Waals surface area (Å²) in [6, 6.07) is 0. The molecule has 0 aliphatic carbocycles. The predicted octanol–water partition coefficient (Wildman–Crippen LogP) is -0.302. The van der Waals surface area contributed by atoms with Crippen molar-refractivity contribution in [3.63, 3.8) is 0 Å². The number of H-pyrrole nitrogens is 1. The Labute approximate surface area is 73.6 Å². The first-order valence-corrected chi connectivity index (χ1v) is 3.82.